The number of para-hydroxylation sites is 2. The van der Waals surface area contributed by atoms with Crippen LogP contribution in [0.25, 0.3) is 49.9 Å². The van der Waals surface area contributed by atoms with Crippen LogP contribution in [0.1, 0.15) is 47.6 Å². The second-order valence-corrected chi connectivity index (χ2v) is 14.1. The number of fused-ring (bicyclic) bond motifs is 9. The fourth-order valence-corrected chi connectivity index (χ4v) is 8.59. The number of furan rings is 1. The fourth-order valence-electron chi connectivity index (χ4n) is 8.59. The number of allylic oxidation sites excluding steroid dienone is 1. The van der Waals surface area contributed by atoms with Gasteiger partial charge in [-0.1, -0.05) is 141 Å². The predicted molar refractivity (Wildman–Crippen MR) is 205 cm³/mol. The Balaban J connectivity index is 1.23. The third kappa shape index (κ3) is 4.20. The highest BCUT2D eigenvalue weighted by Gasteiger charge is 2.36. The van der Waals surface area contributed by atoms with Crippen molar-refractivity contribution in [2.24, 2.45) is 0 Å². The van der Waals surface area contributed by atoms with Crippen molar-refractivity contribution in [3.8, 4) is 11.1 Å². The molecule has 1 atom stereocenters. The van der Waals surface area contributed by atoms with Gasteiger partial charge in [-0.25, -0.2) is 0 Å². The first-order valence-electron chi connectivity index (χ1n) is 17.3. The largest absolute Gasteiger partial charge is 0.454 e. The molecule has 49 heavy (non-hydrogen) atoms. The first-order valence-corrected chi connectivity index (χ1v) is 17.3. The van der Waals surface area contributed by atoms with Gasteiger partial charge in [0.15, 0.2) is 5.58 Å². The summed E-state index contributed by atoms with van der Waals surface area (Å²) < 4.78 is 6.88. The van der Waals surface area contributed by atoms with Crippen LogP contribution in [0.4, 0.5) is 17.1 Å². The quantitative estimate of drug-likeness (QED) is 0.193. The summed E-state index contributed by atoms with van der Waals surface area (Å²) in [7, 11) is 0. The molecule has 2 aliphatic rings. The minimum Gasteiger partial charge on any atom is -0.454 e. The Morgan fingerprint density at radius 1 is 0.633 bits per heavy atom. The molecule has 0 saturated carbocycles. The molecule has 0 fully saturated rings. The zero-order valence-electron chi connectivity index (χ0n) is 27.7. The van der Waals surface area contributed by atoms with E-state index in [2.05, 4.69) is 176 Å². The van der Waals surface area contributed by atoms with Gasteiger partial charge in [0.2, 0.25) is 0 Å². The number of benzene rings is 7. The minimum atomic E-state index is -0.118. The Kier molecular flexibility index (Phi) is 6.08. The zero-order valence-corrected chi connectivity index (χ0v) is 27.7. The average Bonchev–Trinajstić information content (AvgIpc) is 3.65. The van der Waals surface area contributed by atoms with Gasteiger partial charge in [-0.05, 0) is 86.5 Å². The summed E-state index contributed by atoms with van der Waals surface area (Å²) >= 11 is 0. The monoisotopic (exact) mass is 629 g/mol. The molecule has 7 aromatic carbocycles. The molecule has 0 amide bonds. The molecule has 1 unspecified atom stereocenters. The number of anilines is 3. The van der Waals surface area contributed by atoms with E-state index >= 15 is 0 Å². The van der Waals surface area contributed by atoms with E-state index in [0.29, 0.717) is 0 Å². The molecule has 2 heteroatoms. The van der Waals surface area contributed by atoms with Crippen molar-refractivity contribution in [3.63, 3.8) is 0 Å². The van der Waals surface area contributed by atoms with Crippen LogP contribution < -0.4 is 4.90 Å². The molecule has 0 N–H and O–H groups in total. The molecular weight excluding hydrogens is 595 g/mol. The van der Waals surface area contributed by atoms with Crippen molar-refractivity contribution in [2.45, 2.75) is 31.6 Å². The van der Waals surface area contributed by atoms with E-state index in [4.69, 9.17) is 4.42 Å². The van der Waals surface area contributed by atoms with E-state index in [1.165, 1.54) is 60.8 Å². The summed E-state index contributed by atoms with van der Waals surface area (Å²) in [5, 5.41) is 4.73. The first-order chi connectivity index (χ1) is 24.1. The molecule has 2 aliphatic carbocycles. The van der Waals surface area contributed by atoms with Crippen LogP contribution in [-0.2, 0) is 11.8 Å². The van der Waals surface area contributed by atoms with E-state index < -0.39 is 0 Å². The first kappa shape index (κ1) is 28.2. The summed E-state index contributed by atoms with van der Waals surface area (Å²) in [4.78, 5) is 2.45. The van der Waals surface area contributed by atoms with Crippen LogP contribution in [0.15, 0.2) is 156 Å². The lowest BCUT2D eigenvalue weighted by atomic mass is 9.82. The standard InChI is InChI=1S/C47H35NO/c1-47(2)40-19-9-7-17-37(40)38-26-25-34(29-41(38)47)48(42-20-10-8-15-35(42)33-23-22-30-12-3-4-14-32(30)28-33)43-21-11-18-39-45-36-16-6-5-13-31(36)24-27-44(45)49-46(39)43/h3-27,29,33H,28H2,1-2H3. The molecule has 0 bridgehead atoms. The van der Waals surface area contributed by atoms with Gasteiger partial charge in [-0.3, -0.25) is 0 Å². The summed E-state index contributed by atoms with van der Waals surface area (Å²) in [6.07, 6.45) is 5.64. The SMILES string of the molecule is CC1(C)c2ccccc2-c2ccc(N(c3ccccc3C3C=Cc4ccccc4C3)c3cccc4c3oc3ccc5ccccc5c34)cc21. The Hall–Kier alpha value is -5.86. The highest BCUT2D eigenvalue weighted by Crippen LogP contribution is 2.52. The number of hydrogen-bond donors (Lipinski definition) is 0. The Morgan fingerprint density at radius 2 is 1.39 bits per heavy atom. The Morgan fingerprint density at radius 3 is 2.35 bits per heavy atom. The van der Waals surface area contributed by atoms with Gasteiger partial charge >= 0.3 is 0 Å². The molecule has 234 valence electrons. The number of nitrogens with zero attached hydrogens (tertiary/aromatic N) is 1. The minimum absolute atomic E-state index is 0.118. The molecule has 1 aromatic heterocycles. The van der Waals surface area contributed by atoms with Crippen LogP contribution in [0, 0.1) is 0 Å². The summed E-state index contributed by atoms with van der Waals surface area (Å²) in [6, 6.07) is 53.2. The van der Waals surface area contributed by atoms with Crippen LogP contribution in [0.2, 0.25) is 0 Å². The van der Waals surface area contributed by atoms with Crippen molar-refractivity contribution in [1.82, 2.24) is 0 Å². The lowest BCUT2D eigenvalue weighted by molar-refractivity contribution is 0.660. The lowest BCUT2D eigenvalue weighted by Crippen LogP contribution is -2.18. The lowest BCUT2D eigenvalue weighted by Gasteiger charge is -2.31. The summed E-state index contributed by atoms with van der Waals surface area (Å²) in [5.74, 6) is 0.238. The molecule has 0 spiro atoms. The van der Waals surface area contributed by atoms with Gasteiger partial charge in [0, 0.05) is 27.8 Å². The maximum absolute atomic E-state index is 6.88. The second-order valence-electron chi connectivity index (χ2n) is 14.1. The van der Waals surface area contributed by atoms with Crippen molar-refractivity contribution in [1.29, 1.82) is 0 Å². The molecule has 1 heterocycles. The normalized spacial score (nSPS) is 15.8. The van der Waals surface area contributed by atoms with Gasteiger partial charge in [0.1, 0.15) is 5.58 Å². The van der Waals surface area contributed by atoms with Crippen molar-refractivity contribution in [2.75, 3.05) is 4.90 Å². The van der Waals surface area contributed by atoms with Crippen molar-refractivity contribution >= 4 is 55.8 Å². The maximum Gasteiger partial charge on any atom is 0.159 e. The molecule has 8 aromatic rings. The fraction of sp³-hybridized carbons (Fsp3) is 0.106. The van der Waals surface area contributed by atoms with Crippen molar-refractivity contribution in [3.05, 3.63) is 179 Å². The van der Waals surface area contributed by atoms with Gasteiger partial charge in [-0.15, -0.1) is 0 Å². The van der Waals surface area contributed by atoms with Crippen LogP contribution in [0.5, 0.6) is 0 Å². The van der Waals surface area contributed by atoms with E-state index in [1.54, 1.807) is 0 Å². The predicted octanol–water partition coefficient (Wildman–Crippen LogP) is 12.9. The Labute approximate surface area is 286 Å². The maximum atomic E-state index is 6.88. The van der Waals surface area contributed by atoms with Crippen LogP contribution in [-0.4, -0.2) is 0 Å². The number of hydrogen-bond acceptors (Lipinski definition) is 2. The van der Waals surface area contributed by atoms with E-state index in [-0.39, 0.29) is 11.3 Å². The topological polar surface area (TPSA) is 16.4 Å². The molecule has 10 rings (SSSR count). The van der Waals surface area contributed by atoms with Crippen molar-refractivity contribution < 1.29 is 4.42 Å². The van der Waals surface area contributed by atoms with Gasteiger partial charge in [0.05, 0.1) is 11.4 Å². The highest BCUT2D eigenvalue weighted by molar-refractivity contribution is 6.21. The van der Waals surface area contributed by atoms with Gasteiger partial charge in [-0.2, -0.15) is 0 Å². The highest BCUT2D eigenvalue weighted by atomic mass is 16.3. The van der Waals surface area contributed by atoms with Crippen LogP contribution >= 0.6 is 0 Å². The zero-order chi connectivity index (χ0) is 32.7. The molecule has 0 radical (unpaired) electrons. The smallest absolute Gasteiger partial charge is 0.159 e. The Bertz CT molecular complexity index is 2640. The molecular formula is C47H35NO. The molecule has 0 aliphatic heterocycles. The second kappa shape index (κ2) is 10.6. The van der Waals surface area contributed by atoms with E-state index in [0.717, 1.165) is 34.3 Å². The molecule has 2 nitrogen and oxygen atoms in total. The molecule has 0 saturated heterocycles. The average molecular weight is 630 g/mol. The summed E-state index contributed by atoms with van der Waals surface area (Å²) in [5.41, 5.74) is 14.4. The van der Waals surface area contributed by atoms with Gasteiger partial charge < -0.3 is 9.32 Å². The summed E-state index contributed by atoms with van der Waals surface area (Å²) in [6.45, 7) is 4.71. The van der Waals surface area contributed by atoms with E-state index in [9.17, 15) is 0 Å². The van der Waals surface area contributed by atoms with Crippen LogP contribution in [0.3, 0.4) is 0 Å². The third-order valence-corrected chi connectivity index (χ3v) is 11.0. The number of rotatable bonds is 4. The van der Waals surface area contributed by atoms with Gasteiger partial charge in [0.25, 0.3) is 0 Å². The third-order valence-electron chi connectivity index (χ3n) is 11.0. The van der Waals surface area contributed by atoms with E-state index in [1.807, 2.05) is 0 Å².